The third-order valence-corrected chi connectivity index (χ3v) is 5.62. The molecule has 1 amide bonds. The minimum absolute atomic E-state index is 0.0387. The number of likely N-dealkylation sites (tertiary alicyclic amines) is 1. The van der Waals surface area contributed by atoms with Gasteiger partial charge in [-0.2, -0.15) is 0 Å². The molecule has 0 radical (unpaired) electrons. The average Bonchev–Trinajstić information content (AvgIpc) is 3.25. The predicted molar refractivity (Wildman–Crippen MR) is 94.9 cm³/mol. The quantitative estimate of drug-likeness (QED) is 0.907. The zero-order chi connectivity index (χ0) is 17.4. The van der Waals surface area contributed by atoms with Gasteiger partial charge >= 0.3 is 0 Å². The number of thiophene rings is 1. The lowest BCUT2D eigenvalue weighted by atomic mass is 9.95. The molecule has 132 valence electrons. The standard InChI is InChI=1S/C18H20N2O4S/c1-22-12-4-2-11(3-5-12)13-8-20(9-14(13)19)18(21)17-16-15(10-25-17)23-6-7-24-16/h2-5,10,13-14H,6-9,19H2,1H3/t13-,14+/m0/s1. The molecule has 2 aliphatic heterocycles. The number of nitrogens with zero attached hydrogens (tertiary/aromatic N) is 1. The van der Waals surface area contributed by atoms with Crippen LogP contribution in [0.4, 0.5) is 0 Å². The van der Waals surface area contributed by atoms with E-state index in [1.54, 1.807) is 7.11 Å². The summed E-state index contributed by atoms with van der Waals surface area (Å²) in [6.07, 6.45) is 0. The van der Waals surface area contributed by atoms with Crippen LogP contribution in [-0.4, -0.2) is 50.3 Å². The molecule has 0 unspecified atom stereocenters. The van der Waals surface area contributed by atoms with Gasteiger partial charge in [0, 0.05) is 30.4 Å². The van der Waals surface area contributed by atoms with Gasteiger partial charge in [-0.25, -0.2) is 0 Å². The van der Waals surface area contributed by atoms with Crippen LogP contribution < -0.4 is 19.9 Å². The Bertz CT molecular complexity index is 774. The van der Waals surface area contributed by atoms with Crippen LogP contribution in [0.25, 0.3) is 0 Å². The molecule has 7 heteroatoms. The largest absolute Gasteiger partial charge is 0.497 e. The van der Waals surface area contributed by atoms with Gasteiger partial charge in [-0.05, 0) is 17.7 Å². The van der Waals surface area contributed by atoms with Gasteiger partial charge in [0.2, 0.25) is 0 Å². The summed E-state index contributed by atoms with van der Waals surface area (Å²) in [5, 5.41) is 1.83. The molecule has 1 saturated heterocycles. The van der Waals surface area contributed by atoms with Crippen LogP contribution in [0.3, 0.4) is 0 Å². The number of ether oxygens (including phenoxy) is 3. The van der Waals surface area contributed by atoms with Crippen molar-refractivity contribution >= 4 is 17.2 Å². The van der Waals surface area contributed by atoms with E-state index in [4.69, 9.17) is 19.9 Å². The Labute approximate surface area is 150 Å². The molecule has 0 bridgehead atoms. The summed E-state index contributed by atoms with van der Waals surface area (Å²) in [7, 11) is 1.64. The number of carbonyl (C=O) groups is 1. The van der Waals surface area contributed by atoms with Gasteiger partial charge in [0.05, 0.1) is 7.11 Å². The normalized spacial score (nSPS) is 22.1. The molecule has 0 spiro atoms. The summed E-state index contributed by atoms with van der Waals surface area (Å²) in [6.45, 7) is 2.12. The summed E-state index contributed by atoms with van der Waals surface area (Å²) >= 11 is 1.36. The van der Waals surface area contributed by atoms with Crippen molar-refractivity contribution in [3.05, 3.63) is 40.1 Å². The second-order valence-electron chi connectivity index (χ2n) is 6.21. The number of hydrogen-bond acceptors (Lipinski definition) is 6. The lowest BCUT2D eigenvalue weighted by Crippen LogP contribution is -2.32. The first kappa shape index (κ1) is 16.2. The highest BCUT2D eigenvalue weighted by atomic mass is 32.1. The van der Waals surface area contributed by atoms with E-state index in [2.05, 4.69) is 0 Å². The van der Waals surface area contributed by atoms with Crippen molar-refractivity contribution in [1.29, 1.82) is 0 Å². The van der Waals surface area contributed by atoms with Crippen LogP contribution >= 0.6 is 11.3 Å². The zero-order valence-corrected chi connectivity index (χ0v) is 14.8. The summed E-state index contributed by atoms with van der Waals surface area (Å²) in [6, 6.07) is 7.79. The van der Waals surface area contributed by atoms with E-state index in [9.17, 15) is 4.79 Å². The topological polar surface area (TPSA) is 74.0 Å². The van der Waals surface area contributed by atoms with Crippen molar-refractivity contribution in [3.63, 3.8) is 0 Å². The second-order valence-corrected chi connectivity index (χ2v) is 7.09. The Kier molecular flexibility index (Phi) is 4.27. The number of nitrogens with two attached hydrogens (primary N) is 1. The molecule has 2 aliphatic rings. The van der Waals surface area contributed by atoms with Gasteiger partial charge in [0.25, 0.3) is 5.91 Å². The minimum Gasteiger partial charge on any atom is -0.497 e. The fourth-order valence-electron chi connectivity index (χ4n) is 3.35. The van der Waals surface area contributed by atoms with Crippen molar-refractivity contribution in [1.82, 2.24) is 4.90 Å². The van der Waals surface area contributed by atoms with Crippen LogP contribution in [0.2, 0.25) is 0 Å². The first-order valence-corrected chi connectivity index (χ1v) is 9.11. The zero-order valence-electron chi connectivity index (χ0n) is 13.9. The number of methoxy groups -OCH3 is 1. The SMILES string of the molecule is COc1ccc([C@@H]2CN(C(=O)c3scc4c3OCCO4)C[C@H]2N)cc1. The Morgan fingerprint density at radius 3 is 2.76 bits per heavy atom. The van der Waals surface area contributed by atoms with Crippen molar-refractivity contribution in [2.45, 2.75) is 12.0 Å². The van der Waals surface area contributed by atoms with Crippen LogP contribution in [0, 0.1) is 0 Å². The maximum atomic E-state index is 12.9. The third-order valence-electron chi connectivity index (χ3n) is 4.69. The first-order chi connectivity index (χ1) is 12.2. The third kappa shape index (κ3) is 2.94. The van der Waals surface area contributed by atoms with E-state index >= 15 is 0 Å². The lowest BCUT2D eigenvalue weighted by Gasteiger charge is -2.19. The summed E-state index contributed by atoms with van der Waals surface area (Å²) in [5.41, 5.74) is 7.44. The molecule has 4 rings (SSSR count). The Morgan fingerprint density at radius 2 is 2.00 bits per heavy atom. The Hall–Kier alpha value is -2.25. The molecular formula is C18H20N2O4S. The molecular weight excluding hydrogens is 340 g/mol. The van der Waals surface area contributed by atoms with E-state index in [1.807, 2.05) is 34.5 Å². The Balaban J connectivity index is 1.52. The Morgan fingerprint density at radius 1 is 1.24 bits per heavy atom. The average molecular weight is 360 g/mol. The van der Waals surface area contributed by atoms with Gasteiger partial charge in [0.1, 0.15) is 23.8 Å². The predicted octanol–water partition coefficient (Wildman–Crippen LogP) is 2.09. The number of rotatable bonds is 3. The highest BCUT2D eigenvalue weighted by molar-refractivity contribution is 7.12. The molecule has 3 heterocycles. The fourth-order valence-corrected chi connectivity index (χ4v) is 4.25. The van der Waals surface area contributed by atoms with Gasteiger partial charge < -0.3 is 24.8 Å². The summed E-state index contributed by atoms with van der Waals surface area (Å²) in [5.74, 6) is 2.12. The van der Waals surface area contributed by atoms with Gasteiger partial charge in [-0.1, -0.05) is 12.1 Å². The second kappa shape index (κ2) is 6.57. The minimum atomic E-state index is -0.0923. The highest BCUT2D eigenvalue weighted by Crippen LogP contribution is 2.41. The number of fused-ring (bicyclic) bond motifs is 1. The molecule has 0 saturated carbocycles. The lowest BCUT2D eigenvalue weighted by molar-refractivity contribution is 0.0785. The van der Waals surface area contributed by atoms with E-state index in [0.29, 0.717) is 42.7 Å². The van der Waals surface area contributed by atoms with Gasteiger partial charge in [-0.15, -0.1) is 11.3 Å². The van der Waals surface area contributed by atoms with Gasteiger partial charge in [0.15, 0.2) is 11.5 Å². The van der Waals surface area contributed by atoms with Crippen molar-refractivity contribution < 1.29 is 19.0 Å². The maximum absolute atomic E-state index is 12.9. The number of benzene rings is 1. The maximum Gasteiger partial charge on any atom is 0.267 e. The highest BCUT2D eigenvalue weighted by Gasteiger charge is 2.36. The molecule has 25 heavy (non-hydrogen) atoms. The van der Waals surface area contributed by atoms with Crippen LogP contribution in [-0.2, 0) is 0 Å². The molecule has 1 aromatic heterocycles. The molecule has 2 aromatic rings. The van der Waals surface area contributed by atoms with E-state index in [-0.39, 0.29) is 17.9 Å². The molecule has 1 fully saturated rings. The smallest absolute Gasteiger partial charge is 0.267 e. The van der Waals surface area contributed by atoms with Crippen LogP contribution in [0.15, 0.2) is 29.6 Å². The number of carbonyl (C=O) groups excluding carboxylic acids is 1. The molecule has 2 atom stereocenters. The molecule has 6 nitrogen and oxygen atoms in total. The monoisotopic (exact) mass is 360 g/mol. The number of amides is 1. The molecule has 2 N–H and O–H groups in total. The van der Waals surface area contributed by atoms with E-state index < -0.39 is 0 Å². The van der Waals surface area contributed by atoms with Crippen molar-refractivity contribution in [2.24, 2.45) is 5.73 Å². The first-order valence-electron chi connectivity index (χ1n) is 8.23. The van der Waals surface area contributed by atoms with Gasteiger partial charge in [-0.3, -0.25) is 4.79 Å². The molecule has 1 aromatic carbocycles. The molecule has 0 aliphatic carbocycles. The van der Waals surface area contributed by atoms with Crippen LogP contribution in [0.1, 0.15) is 21.2 Å². The van der Waals surface area contributed by atoms with Crippen LogP contribution in [0.5, 0.6) is 17.2 Å². The van der Waals surface area contributed by atoms with Crippen molar-refractivity contribution in [3.8, 4) is 17.2 Å². The summed E-state index contributed by atoms with van der Waals surface area (Å²) in [4.78, 5) is 15.3. The number of hydrogen-bond donors (Lipinski definition) is 1. The summed E-state index contributed by atoms with van der Waals surface area (Å²) < 4.78 is 16.4. The van der Waals surface area contributed by atoms with E-state index in [1.165, 1.54) is 11.3 Å². The fraction of sp³-hybridized carbons (Fsp3) is 0.389. The van der Waals surface area contributed by atoms with Crippen molar-refractivity contribution in [2.75, 3.05) is 33.4 Å². The van der Waals surface area contributed by atoms with E-state index in [0.717, 1.165) is 11.3 Å².